The Hall–Kier alpha value is -2.07. The SMILES string of the molecule is CCn1nccc1CNC(C)c1cc2ccccc2o1. The summed E-state index contributed by atoms with van der Waals surface area (Å²) in [5, 5.41) is 8.90. The summed E-state index contributed by atoms with van der Waals surface area (Å²) >= 11 is 0. The minimum atomic E-state index is 0.169. The minimum Gasteiger partial charge on any atom is -0.459 e. The van der Waals surface area contributed by atoms with E-state index in [0.717, 1.165) is 29.8 Å². The molecule has 3 rings (SSSR count). The first-order valence-electron chi connectivity index (χ1n) is 7.00. The first-order chi connectivity index (χ1) is 9.78. The number of benzene rings is 1. The van der Waals surface area contributed by atoms with Crippen LogP contribution in [0.15, 0.2) is 47.0 Å². The third-order valence-corrected chi connectivity index (χ3v) is 3.56. The van der Waals surface area contributed by atoms with Crippen molar-refractivity contribution in [2.45, 2.75) is 33.0 Å². The number of aromatic nitrogens is 2. The number of hydrogen-bond acceptors (Lipinski definition) is 3. The molecular formula is C16H19N3O. The van der Waals surface area contributed by atoms with Gasteiger partial charge in [0.15, 0.2) is 0 Å². The van der Waals surface area contributed by atoms with Crippen LogP contribution in [0.5, 0.6) is 0 Å². The van der Waals surface area contributed by atoms with Crippen LogP contribution in [-0.4, -0.2) is 9.78 Å². The highest BCUT2D eigenvalue weighted by molar-refractivity contribution is 5.77. The van der Waals surface area contributed by atoms with Crippen molar-refractivity contribution in [3.05, 3.63) is 54.0 Å². The summed E-state index contributed by atoms with van der Waals surface area (Å²) in [5.41, 5.74) is 2.13. The fraction of sp³-hybridized carbons (Fsp3) is 0.312. The van der Waals surface area contributed by atoms with Gasteiger partial charge in [0.25, 0.3) is 0 Å². The molecule has 0 amide bonds. The second-order valence-corrected chi connectivity index (χ2v) is 4.93. The molecule has 0 aliphatic heterocycles. The van der Waals surface area contributed by atoms with E-state index >= 15 is 0 Å². The Morgan fingerprint density at radius 2 is 2.15 bits per heavy atom. The molecule has 1 aromatic carbocycles. The first-order valence-corrected chi connectivity index (χ1v) is 7.00. The number of rotatable bonds is 5. The topological polar surface area (TPSA) is 43.0 Å². The van der Waals surface area contributed by atoms with E-state index in [9.17, 15) is 0 Å². The fourth-order valence-electron chi connectivity index (χ4n) is 2.37. The molecule has 0 fully saturated rings. The van der Waals surface area contributed by atoms with Crippen LogP contribution < -0.4 is 5.32 Å². The van der Waals surface area contributed by atoms with Gasteiger partial charge in [-0.15, -0.1) is 0 Å². The summed E-state index contributed by atoms with van der Waals surface area (Å²) in [6.45, 7) is 5.89. The largest absolute Gasteiger partial charge is 0.459 e. The van der Waals surface area contributed by atoms with E-state index in [0.29, 0.717) is 0 Å². The van der Waals surface area contributed by atoms with Crippen molar-refractivity contribution in [3.8, 4) is 0 Å². The third kappa shape index (κ3) is 2.47. The highest BCUT2D eigenvalue weighted by Crippen LogP contribution is 2.23. The molecule has 1 N–H and O–H groups in total. The molecule has 1 atom stereocenters. The van der Waals surface area contributed by atoms with Crippen LogP contribution in [0.1, 0.15) is 31.3 Å². The van der Waals surface area contributed by atoms with Gasteiger partial charge in [-0.05, 0) is 32.0 Å². The van der Waals surface area contributed by atoms with Gasteiger partial charge < -0.3 is 9.73 Å². The van der Waals surface area contributed by atoms with E-state index in [-0.39, 0.29) is 6.04 Å². The molecule has 3 aromatic rings. The highest BCUT2D eigenvalue weighted by atomic mass is 16.3. The molecule has 1 unspecified atom stereocenters. The zero-order valence-electron chi connectivity index (χ0n) is 11.8. The van der Waals surface area contributed by atoms with Crippen molar-refractivity contribution in [2.75, 3.05) is 0 Å². The van der Waals surface area contributed by atoms with Crippen molar-refractivity contribution < 1.29 is 4.42 Å². The Labute approximate surface area is 118 Å². The van der Waals surface area contributed by atoms with E-state index in [1.807, 2.05) is 35.1 Å². The Bertz CT molecular complexity index is 665. The van der Waals surface area contributed by atoms with Crippen LogP contribution in [0.4, 0.5) is 0 Å². The van der Waals surface area contributed by atoms with Gasteiger partial charge in [-0.25, -0.2) is 0 Å². The Kier molecular flexibility index (Phi) is 3.56. The molecule has 0 aliphatic carbocycles. The lowest BCUT2D eigenvalue weighted by Gasteiger charge is -2.11. The number of aryl methyl sites for hydroxylation is 1. The number of nitrogens with one attached hydrogen (secondary N) is 1. The maximum absolute atomic E-state index is 5.87. The van der Waals surface area contributed by atoms with Crippen molar-refractivity contribution in [3.63, 3.8) is 0 Å². The molecule has 0 saturated heterocycles. The zero-order chi connectivity index (χ0) is 13.9. The van der Waals surface area contributed by atoms with Gasteiger partial charge in [-0.1, -0.05) is 18.2 Å². The van der Waals surface area contributed by atoms with E-state index in [1.54, 1.807) is 0 Å². The second kappa shape index (κ2) is 5.51. The highest BCUT2D eigenvalue weighted by Gasteiger charge is 2.11. The second-order valence-electron chi connectivity index (χ2n) is 4.93. The third-order valence-electron chi connectivity index (χ3n) is 3.56. The van der Waals surface area contributed by atoms with Crippen LogP contribution in [-0.2, 0) is 13.1 Å². The van der Waals surface area contributed by atoms with E-state index in [1.165, 1.54) is 5.69 Å². The molecule has 0 spiro atoms. The van der Waals surface area contributed by atoms with Crippen molar-refractivity contribution in [1.29, 1.82) is 0 Å². The van der Waals surface area contributed by atoms with Crippen molar-refractivity contribution in [1.82, 2.24) is 15.1 Å². The Morgan fingerprint density at radius 1 is 1.30 bits per heavy atom. The van der Waals surface area contributed by atoms with Crippen LogP contribution in [0.3, 0.4) is 0 Å². The number of nitrogens with zero attached hydrogens (tertiary/aromatic N) is 2. The lowest BCUT2D eigenvalue weighted by molar-refractivity contribution is 0.442. The Balaban J connectivity index is 1.71. The summed E-state index contributed by atoms with van der Waals surface area (Å²) in [6, 6.07) is 12.4. The predicted octanol–water partition coefficient (Wildman–Crippen LogP) is 3.50. The van der Waals surface area contributed by atoms with Gasteiger partial charge in [-0.2, -0.15) is 5.10 Å². The maximum atomic E-state index is 5.87. The van der Waals surface area contributed by atoms with Crippen molar-refractivity contribution >= 4 is 11.0 Å². The molecule has 0 aliphatic rings. The summed E-state index contributed by atoms with van der Waals surface area (Å²) in [4.78, 5) is 0. The molecular weight excluding hydrogens is 250 g/mol. The average molecular weight is 269 g/mol. The van der Waals surface area contributed by atoms with Gasteiger partial charge in [0, 0.05) is 24.7 Å². The molecule has 2 heterocycles. The molecule has 2 aromatic heterocycles. The molecule has 20 heavy (non-hydrogen) atoms. The average Bonchev–Trinajstić information content (AvgIpc) is 3.10. The molecule has 104 valence electrons. The van der Waals surface area contributed by atoms with Gasteiger partial charge >= 0.3 is 0 Å². The van der Waals surface area contributed by atoms with E-state index in [2.05, 4.69) is 36.4 Å². The lowest BCUT2D eigenvalue weighted by Crippen LogP contribution is -2.19. The lowest BCUT2D eigenvalue weighted by atomic mass is 10.2. The smallest absolute Gasteiger partial charge is 0.134 e. The normalized spacial score (nSPS) is 12.9. The molecule has 0 radical (unpaired) electrons. The first kappa shape index (κ1) is 12.9. The van der Waals surface area contributed by atoms with Crippen LogP contribution in [0, 0.1) is 0 Å². The minimum absolute atomic E-state index is 0.169. The van der Waals surface area contributed by atoms with Gasteiger partial charge in [0.2, 0.25) is 0 Å². The van der Waals surface area contributed by atoms with Crippen LogP contribution in [0.2, 0.25) is 0 Å². The van der Waals surface area contributed by atoms with Crippen LogP contribution in [0.25, 0.3) is 11.0 Å². The zero-order valence-corrected chi connectivity index (χ0v) is 11.8. The van der Waals surface area contributed by atoms with Crippen molar-refractivity contribution in [2.24, 2.45) is 0 Å². The quantitative estimate of drug-likeness (QED) is 0.771. The summed E-state index contributed by atoms with van der Waals surface area (Å²) in [5.74, 6) is 0.966. The summed E-state index contributed by atoms with van der Waals surface area (Å²) < 4.78 is 7.87. The summed E-state index contributed by atoms with van der Waals surface area (Å²) in [7, 11) is 0. The standard InChI is InChI=1S/C16H19N3O/c1-3-19-14(8-9-18-19)11-17-12(2)16-10-13-6-4-5-7-15(13)20-16/h4-10,12,17H,3,11H2,1-2H3. The number of hydrogen-bond donors (Lipinski definition) is 1. The fourth-order valence-corrected chi connectivity index (χ4v) is 2.37. The number of para-hydroxylation sites is 1. The van der Waals surface area contributed by atoms with Gasteiger partial charge in [0.05, 0.1) is 11.7 Å². The molecule has 0 bridgehead atoms. The Morgan fingerprint density at radius 3 is 2.95 bits per heavy atom. The maximum Gasteiger partial charge on any atom is 0.134 e. The predicted molar refractivity (Wildman–Crippen MR) is 79.4 cm³/mol. The number of furan rings is 1. The number of fused-ring (bicyclic) bond motifs is 1. The van der Waals surface area contributed by atoms with Gasteiger partial charge in [-0.3, -0.25) is 4.68 Å². The van der Waals surface area contributed by atoms with Crippen LogP contribution >= 0.6 is 0 Å². The molecule has 4 nitrogen and oxygen atoms in total. The van der Waals surface area contributed by atoms with E-state index in [4.69, 9.17) is 4.42 Å². The molecule has 0 saturated carbocycles. The summed E-state index contributed by atoms with van der Waals surface area (Å²) in [6.07, 6.45) is 1.84. The monoisotopic (exact) mass is 269 g/mol. The van der Waals surface area contributed by atoms with Gasteiger partial charge in [0.1, 0.15) is 11.3 Å². The van der Waals surface area contributed by atoms with E-state index < -0.39 is 0 Å². The molecule has 4 heteroatoms.